The average Bonchev–Trinajstić information content (AvgIpc) is 3.33. The van der Waals surface area contributed by atoms with Crippen LogP contribution in [0.25, 0.3) is 16.2 Å². The summed E-state index contributed by atoms with van der Waals surface area (Å²) in [7, 11) is 0. The molecule has 1 atom stereocenters. The molecular weight excluding hydrogens is 404 g/mol. The van der Waals surface area contributed by atoms with Gasteiger partial charge < -0.3 is 5.32 Å². The van der Waals surface area contributed by atoms with Crippen molar-refractivity contribution in [2.75, 3.05) is 0 Å². The summed E-state index contributed by atoms with van der Waals surface area (Å²) < 4.78 is 2.87. The highest BCUT2D eigenvalue weighted by molar-refractivity contribution is 9.11. The second-order valence-electron chi connectivity index (χ2n) is 5.45. The maximum Gasteiger partial charge on any atom is 0.272 e. The Morgan fingerprint density at radius 1 is 1.32 bits per heavy atom. The van der Waals surface area contributed by atoms with Crippen molar-refractivity contribution in [2.24, 2.45) is 0 Å². The molecule has 25 heavy (non-hydrogen) atoms. The van der Waals surface area contributed by atoms with E-state index in [1.54, 1.807) is 17.4 Å². The van der Waals surface area contributed by atoms with E-state index in [1.165, 1.54) is 0 Å². The highest BCUT2D eigenvalue weighted by Gasteiger charge is 2.19. The van der Waals surface area contributed by atoms with E-state index in [0.29, 0.717) is 11.5 Å². The zero-order valence-corrected chi connectivity index (χ0v) is 15.5. The summed E-state index contributed by atoms with van der Waals surface area (Å²) in [5, 5.41) is 18.2. The molecule has 0 radical (unpaired) electrons. The van der Waals surface area contributed by atoms with Crippen molar-refractivity contribution in [1.82, 2.24) is 30.1 Å². The van der Waals surface area contributed by atoms with Gasteiger partial charge in [-0.15, -0.1) is 21.5 Å². The number of amides is 1. The van der Waals surface area contributed by atoms with Gasteiger partial charge in [0.25, 0.3) is 5.91 Å². The van der Waals surface area contributed by atoms with E-state index in [2.05, 4.69) is 41.6 Å². The number of fused-ring (bicyclic) bond motifs is 1. The fourth-order valence-electron chi connectivity index (χ4n) is 2.51. The van der Waals surface area contributed by atoms with Gasteiger partial charge in [-0.05, 0) is 53.2 Å². The van der Waals surface area contributed by atoms with Gasteiger partial charge in [0.15, 0.2) is 17.2 Å². The van der Waals surface area contributed by atoms with Crippen LogP contribution >= 0.6 is 27.3 Å². The minimum Gasteiger partial charge on any atom is -0.341 e. The molecule has 1 amide bonds. The first-order chi connectivity index (χ1) is 12.1. The molecule has 0 aliphatic heterocycles. The Kier molecular flexibility index (Phi) is 4.10. The maximum absolute atomic E-state index is 12.5. The van der Waals surface area contributed by atoms with Crippen LogP contribution < -0.4 is 5.32 Å². The number of aromatic nitrogens is 5. The number of H-pyrrole nitrogens is 1. The van der Waals surface area contributed by atoms with Gasteiger partial charge in [0, 0.05) is 6.20 Å². The Morgan fingerprint density at radius 2 is 2.20 bits per heavy atom. The van der Waals surface area contributed by atoms with E-state index in [9.17, 15) is 4.79 Å². The van der Waals surface area contributed by atoms with Gasteiger partial charge in [0.1, 0.15) is 0 Å². The third kappa shape index (κ3) is 3.08. The summed E-state index contributed by atoms with van der Waals surface area (Å²) in [4.78, 5) is 13.5. The minimum absolute atomic E-state index is 0.265. The molecule has 2 N–H and O–H groups in total. The van der Waals surface area contributed by atoms with E-state index in [0.717, 1.165) is 20.0 Å². The molecule has 0 saturated heterocycles. The lowest BCUT2D eigenvalue weighted by Crippen LogP contribution is -2.28. The van der Waals surface area contributed by atoms with Crippen molar-refractivity contribution < 1.29 is 4.79 Å². The number of aromatic amines is 1. The van der Waals surface area contributed by atoms with Gasteiger partial charge in [-0.3, -0.25) is 14.3 Å². The van der Waals surface area contributed by atoms with Gasteiger partial charge in [-0.25, -0.2) is 0 Å². The number of halogens is 1. The Bertz CT molecular complexity index is 1050. The zero-order valence-electron chi connectivity index (χ0n) is 13.1. The largest absolute Gasteiger partial charge is 0.341 e. The molecule has 7 nitrogen and oxygen atoms in total. The minimum atomic E-state index is -0.305. The third-order valence-corrected chi connectivity index (χ3v) is 5.38. The molecule has 0 aliphatic carbocycles. The molecule has 0 aliphatic rings. The van der Waals surface area contributed by atoms with Gasteiger partial charge in [0.2, 0.25) is 0 Å². The Labute approximate surface area is 155 Å². The number of carbonyl (C=O) groups is 1. The number of nitrogens with zero attached hydrogens (tertiary/aromatic N) is 4. The molecule has 4 rings (SSSR count). The summed E-state index contributed by atoms with van der Waals surface area (Å²) in [6, 6.07) is 11.0. The molecule has 4 aromatic rings. The number of pyridine rings is 1. The standard InChI is InChI=1S/C16H13BrN6OS/c1-9(15-22-21-14-4-2-3-7-23(14)15)18-16(24)11-8-10(19-20-11)12-5-6-13(17)25-12/h2-9H,1H3,(H,18,24)(H,19,20)/t9-/m1/s1. The van der Waals surface area contributed by atoms with Crippen molar-refractivity contribution in [2.45, 2.75) is 13.0 Å². The molecule has 0 fully saturated rings. The van der Waals surface area contributed by atoms with E-state index >= 15 is 0 Å². The van der Waals surface area contributed by atoms with Crippen LogP contribution in [0.15, 0.2) is 46.4 Å². The molecule has 126 valence electrons. The quantitative estimate of drug-likeness (QED) is 0.533. The van der Waals surface area contributed by atoms with Crippen molar-refractivity contribution in [3.8, 4) is 10.6 Å². The molecule has 4 heterocycles. The normalized spacial score (nSPS) is 12.4. The Balaban J connectivity index is 1.53. The lowest BCUT2D eigenvalue weighted by molar-refractivity contribution is 0.0933. The molecule has 9 heteroatoms. The zero-order chi connectivity index (χ0) is 17.4. The number of rotatable bonds is 4. The highest BCUT2D eigenvalue weighted by atomic mass is 79.9. The summed E-state index contributed by atoms with van der Waals surface area (Å²) in [5.74, 6) is 0.403. The predicted molar refractivity (Wildman–Crippen MR) is 98.5 cm³/mol. The second kappa shape index (κ2) is 6.41. The lowest BCUT2D eigenvalue weighted by atomic mass is 10.2. The Hall–Kier alpha value is -2.52. The van der Waals surface area contributed by atoms with Gasteiger partial charge in [-0.2, -0.15) is 5.10 Å². The molecule has 0 saturated carbocycles. The first-order valence-corrected chi connectivity index (χ1v) is 9.14. The van der Waals surface area contributed by atoms with E-state index in [4.69, 9.17) is 0 Å². The van der Waals surface area contributed by atoms with Crippen molar-refractivity contribution in [1.29, 1.82) is 0 Å². The van der Waals surface area contributed by atoms with Crippen LogP contribution in [0.5, 0.6) is 0 Å². The van der Waals surface area contributed by atoms with E-state index in [-0.39, 0.29) is 11.9 Å². The van der Waals surface area contributed by atoms with Crippen LogP contribution in [0.1, 0.15) is 29.3 Å². The fourth-order valence-corrected chi connectivity index (χ4v) is 3.87. The molecule has 0 aromatic carbocycles. The summed E-state index contributed by atoms with van der Waals surface area (Å²) >= 11 is 5.00. The van der Waals surface area contributed by atoms with Crippen LogP contribution in [-0.4, -0.2) is 30.7 Å². The number of hydrogen-bond donors (Lipinski definition) is 2. The first kappa shape index (κ1) is 16.0. The topological polar surface area (TPSA) is 88.0 Å². The third-order valence-electron chi connectivity index (χ3n) is 3.72. The highest BCUT2D eigenvalue weighted by Crippen LogP contribution is 2.30. The van der Waals surface area contributed by atoms with Gasteiger partial charge in [0.05, 0.1) is 20.4 Å². The van der Waals surface area contributed by atoms with Crippen molar-refractivity contribution >= 4 is 38.8 Å². The number of carbonyl (C=O) groups excluding carboxylic acids is 1. The molecule has 4 aromatic heterocycles. The van der Waals surface area contributed by atoms with E-state index in [1.807, 2.05) is 47.9 Å². The average molecular weight is 417 g/mol. The number of thiophene rings is 1. The van der Waals surface area contributed by atoms with Crippen LogP contribution in [0.4, 0.5) is 0 Å². The number of nitrogens with one attached hydrogen (secondary N) is 2. The number of hydrogen-bond acceptors (Lipinski definition) is 5. The maximum atomic E-state index is 12.5. The predicted octanol–water partition coefficient (Wildman–Crippen LogP) is 3.43. The molecule has 0 spiro atoms. The van der Waals surface area contributed by atoms with Crippen LogP contribution in [0.3, 0.4) is 0 Å². The summed E-state index contributed by atoms with van der Waals surface area (Å²) in [6.07, 6.45) is 1.87. The Morgan fingerprint density at radius 3 is 3.00 bits per heavy atom. The SMILES string of the molecule is C[C@@H](NC(=O)c1cc(-c2ccc(Br)s2)[nH]n1)c1nnc2ccccn12. The van der Waals surface area contributed by atoms with Crippen molar-refractivity contribution in [3.05, 3.63) is 57.9 Å². The van der Waals surface area contributed by atoms with E-state index < -0.39 is 0 Å². The van der Waals surface area contributed by atoms with Crippen molar-refractivity contribution in [3.63, 3.8) is 0 Å². The monoisotopic (exact) mass is 416 g/mol. The second-order valence-corrected chi connectivity index (χ2v) is 7.92. The van der Waals surface area contributed by atoms with Crippen LogP contribution in [0, 0.1) is 0 Å². The summed E-state index contributed by atoms with van der Waals surface area (Å²) in [6.45, 7) is 1.87. The van der Waals surface area contributed by atoms with Crippen LogP contribution in [0.2, 0.25) is 0 Å². The fraction of sp³-hybridized carbons (Fsp3) is 0.125. The smallest absolute Gasteiger partial charge is 0.272 e. The molecule has 0 unspecified atom stereocenters. The lowest BCUT2D eigenvalue weighted by Gasteiger charge is -2.11. The molecular formula is C16H13BrN6OS. The van der Waals surface area contributed by atoms with Gasteiger partial charge in [-0.1, -0.05) is 6.07 Å². The summed E-state index contributed by atoms with van der Waals surface area (Å²) in [5.41, 5.74) is 1.88. The van der Waals surface area contributed by atoms with Gasteiger partial charge >= 0.3 is 0 Å². The first-order valence-electron chi connectivity index (χ1n) is 7.53. The van der Waals surface area contributed by atoms with Crippen LogP contribution in [-0.2, 0) is 0 Å². The molecule has 0 bridgehead atoms.